The van der Waals surface area contributed by atoms with Crippen LogP contribution >= 0.6 is 22.9 Å². The van der Waals surface area contributed by atoms with Gasteiger partial charge in [0.1, 0.15) is 0 Å². The average Bonchev–Trinajstić information content (AvgIpc) is 2.05. The molecule has 0 fully saturated rings. The molecule has 3 heteroatoms. The van der Waals surface area contributed by atoms with Crippen molar-refractivity contribution in [1.82, 2.24) is 0 Å². The smallest absolute Gasteiger partial charge is 0.00132 e. The number of halogens is 1. The highest BCUT2D eigenvalue weighted by Crippen LogP contribution is 2.21. The summed E-state index contributed by atoms with van der Waals surface area (Å²) in [5.41, 5.74) is 0.830. The number of nitrogens with zero attached hydrogens (tertiary/aromatic N) is 1. The van der Waals surface area contributed by atoms with E-state index in [4.69, 9.17) is 5.11 Å². The molecule has 1 rings (SSSR count). The lowest BCUT2D eigenvalue weighted by Gasteiger charge is -2.19. The van der Waals surface area contributed by atoms with E-state index < -0.39 is 6.23 Å². The van der Waals surface area contributed by atoms with Crippen LogP contribution in [0.5, 0.6) is 0 Å². The molecule has 0 spiro atoms. The maximum atomic E-state index is 9.16. The molecule has 10 heavy (non-hydrogen) atoms. The molecule has 0 saturated heterocycles. The van der Waals surface area contributed by atoms with Crippen LogP contribution in [0.3, 0.4) is 0 Å². The molecule has 1 N–H and O–H groups in total. The number of aliphatic hydroxyl groups excluding tert-OH is 1. The molecule has 0 aliphatic heterocycles. The van der Waals surface area contributed by atoms with E-state index in [1.165, 1.54) is 0 Å². The van der Waals surface area contributed by atoms with Crippen molar-refractivity contribution in [2.24, 2.45) is 0 Å². The fraction of sp³-hybridized carbons (Fsp3) is 0.143. The molecule has 0 radical (unpaired) electrons. The van der Waals surface area contributed by atoms with Gasteiger partial charge in [-0.2, -0.15) is 0 Å². The Hall–Kier alpha value is -0.130. The van der Waals surface area contributed by atoms with E-state index in [9.17, 15) is 0 Å². The van der Waals surface area contributed by atoms with E-state index >= 15 is 0 Å². The fourth-order valence-electron chi connectivity index (χ4n) is 0.682. The van der Waals surface area contributed by atoms with Gasteiger partial charge in [0.2, 0.25) is 0 Å². The molecular formula is C7H7INO-. The maximum Gasteiger partial charge on any atom is -0.00132 e. The van der Waals surface area contributed by atoms with Crippen LogP contribution in [-0.4, -0.2) is 5.11 Å². The molecule has 0 saturated carbocycles. The second kappa shape index (κ2) is 3.90. The maximum absolute atomic E-state index is 9.16. The third kappa shape index (κ3) is 1.93. The number of hydrogen-bond donors (Lipinski definition) is 1. The van der Waals surface area contributed by atoms with Crippen molar-refractivity contribution in [3.63, 3.8) is 0 Å². The Morgan fingerprint density at radius 1 is 1.30 bits per heavy atom. The molecule has 1 atom stereocenters. The highest BCUT2D eigenvalue weighted by Gasteiger charge is 1.91. The van der Waals surface area contributed by atoms with Crippen LogP contribution in [0.15, 0.2) is 30.3 Å². The first-order valence-corrected chi connectivity index (χ1v) is 3.85. The van der Waals surface area contributed by atoms with Crippen LogP contribution in [0.25, 0.3) is 3.53 Å². The Labute approximate surface area is 73.8 Å². The molecule has 0 aliphatic carbocycles. The third-order valence-electron chi connectivity index (χ3n) is 1.19. The van der Waals surface area contributed by atoms with Gasteiger partial charge in [-0.05, 0) is 11.8 Å². The fourth-order valence-corrected chi connectivity index (χ4v) is 1.00. The van der Waals surface area contributed by atoms with Crippen LogP contribution < -0.4 is 0 Å². The van der Waals surface area contributed by atoms with Gasteiger partial charge in [-0.3, -0.25) is 0 Å². The summed E-state index contributed by atoms with van der Waals surface area (Å²) in [6.45, 7) is 0. The SMILES string of the molecule is OC([N-]I)c1ccccc1. The summed E-state index contributed by atoms with van der Waals surface area (Å²) >= 11 is 1.79. The van der Waals surface area contributed by atoms with Crippen LogP contribution in [-0.2, 0) is 0 Å². The second-order valence-electron chi connectivity index (χ2n) is 1.88. The molecule has 1 aromatic rings. The lowest BCUT2D eigenvalue weighted by atomic mass is 10.2. The minimum absolute atomic E-state index is 0.679. The number of benzene rings is 1. The van der Waals surface area contributed by atoms with Crippen LogP contribution in [0.4, 0.5) is 0 Å². The summed E-state index contributed by atoms with van der Waals surface area (Å²) in [6, 6.07) is 9.34. The molecular weight excluding hydrogens is 241 g/mol. The molecule has 0 aromatic heterocycles. The first-order chi connectivity index (χ1) is 4.84. The Morgan fingerprint density at radius 3 is 2.40 bits per heavy atom. The van der Waals surface area contributed by atoms with Gasteiger partial charge in [-0.25, -0.2) is 22.9 Å². The zero-order valence-electron chi connectivity index (χ0n) is 5.24. The Kier molecular flexibility index (Phi) is 3.11. The van der Waals surface area contributed by atoms with E-state index in [0.717, 1.165) is 5.56 Å². The van der Waals surface area contributed by atoms with E-state index in [2.05, 4.69) is 3.53 Å². The van der Waals surface area contributed by atoms with E-state index in [1.807, 2.05) is 30.3 Å². The quantitative estimate of drug-likeness (QED) is 0.801. The standard InChI is InChI=1S/C7H7INO/c8-9-7(10)6-4-2-1-3-5-6/h1-5,7,10H/q-1. The number of aliphatic hydroxyl groups is 1. The number of hydrogen-bond acceptors (Lipinski definition) is 1. The van der Waals surface area contributed by atoms with Gasteiger partial charge in [0.25, 0.3) is 0 Å². The van der Waals surface area contributed by atoms with Gasteiger partial charge in [-0.1, -0.05) is 30.3 Å². The number of rotatable bonds is 2. The van der Waals surface area contributed by atoms with Gasteiger partial charge in [0, 0.05) is 0 Å². The average molecular weight is 248 g/mol. The van der Waals surface area contributed by atoms with Crippen LogP contribution in [0.2, 0.25) is 0 Å². The predicted octanol–water partition coefficient (Wildman–Crippen LogP) is 2.40. The molecule has 0 bridgehead atoms. The highest BCUT2D eigenvalue weighted by atomic mass is 127. The summed E-state index contributed by atoms with van der Waals surface area (Å²) in [4.78, 5) is 0. The molecule has 54 valence electrons. The zero-order valence-corrected chi connectivity index (χ0v) is 7.39. The largest absolute Gasteiger partial charge is 0.572 e. The van der Waals surface area contributed by atoms with Crippen molar-refractivity contribution >= 4 is 22.9 Å². The lowest BCUT2D eigenvalue weighted by molar-refractivity contribution is 0.227. The third-order valence-corrected chi connectivity index (χ3v) is 1.72. The monoisotopic (exact) mass is 248 g/mol. The van der Waals surface area contributed by atoms with Crippen molar-refractivity contribution in [3.8, 4) is 0 Å². The van der Waals surface area contributed by atoms with Gasteiger partial charge >= 0.3 is 0 Å². The topological polar surface area (TPSA) is 34.3 Å². The zero-order chi connectivity index (χ0) is 7.40. The molecule has 2 nitrogen and oxygen atoms in total. The first-order valence-electron chi connectivity index (χ1n) is 2.88. The minimum Gasteiger partial charge on any atom is -0.572 e. The van der Waals surface area contributed by atoms with Crippen molar-refractivity contribution in [3.05, 3.63) is 39.4 Å². The molecule has 1 aromatic carbocycles. The van der Waals surface area contributed by atoms with Crippen molar-refractivity contribution in [2.75, 3.05) is 0 Å². The van der Waals surface area contributed by atoms with Crippen LogP contribution in [0.1, 0.15) is 11.8 Å². The Bertz CT molecular complexity index is 190. The van der Waals surface area contributed by atoms with Gasteiger partial charge in [0.15, 0.2) is 0 Å². The van der Waals surface area contributed by atoms with Gasteiger partial charge in [-0.15, -0.1) is 0 Å². The van der Waals surface area contributed by atoms with Crippen molar-refractivity contribution < 1.29 is 5.11 Å². The van der Waals surface area contributed by atoms with Gasteiger partial charge < -0.3 is 8.64 Å². The molecule has 0 amide bonds. The molecule has 0 heterocycles. The lowest BCUT2D eigenvalue weighted by Crippen LogP contribution is -1.89. The first kappa shape index (κ1) is 7.97. The van der Waals surface area contributed by atoms with E-state index in [1.54, 1.807) is 22.9 Å². The summed E-state index contributed by atoms with van der Waals surface area (Å²) < 4.78 is 3.68. The van der Waals surface area contributed by atoms with E-state index in [-0.39, 0.29) is 0 Å². The second-order valence-corrected chi connectivity index (χ2v) is 2.44. The van der Waals surface area contributed by atoms with E-state index in [0.29, 0.717) is 0 Å². The summed E-state index contributed by atoms with van der Waals surface area (Å²) in [7, 11) is 0. The minimum atomic E-state index is -0.679. The summed E-state index contributed by atoms with van der Waals surface area (Å²) in [5.74, 6) is 0. The van der Waals surface area contributed by atoms with Crippen LogP contribution in [0, 0.1) is 0 Å². The van der Waals surface area contributed by atoms with Gasteiger partial charge in [0.05, 0.1) is 0 Å². The summed E-state index contributed by atoms with van der Waals surface area (Å²) in [5, 5.41) is 9.16. The Balaban J connectivity index is 2.75. The Morgan fingerprint density at radius 2 is 1.90 bits per heavy atom. The summed E-state index contributed by atoms with van der Waals surface area (Å²) in [6.07, 6.45) is -0.679. The van der Waals surface area contributed by atoms with Crippen molar-refractivity contribution in [1.29, 1.82) is 0 Å². The predicted molar refractivity (Wildman–Crippen MR) is 48.8 cm³/mol. The normalized spacial score (nSPS) is 13.0. The highest BCUT2D eigenvalue weighted by molar-refractivity contribution is 14.1. The molecule has 1 unspecified atom stereocenters. The molecule has 0 aliphatic rings. The van der Waals surface area contributed by atoms with Crippen molar-refractivity contribution in [2.45, 2.75) is 6.23 Å².